The van der Waals surface area contributed by atoms with Crippen molar-refractivity contribution in [3.8, 4) is 22.7 Å². The molecule has 1 heterocycles. The Bertz CT molecular complexity index is 1420. The molecule has 36 heavy (non-hydrogen) atoms. The number of nitrogens with zero attached hydrogens (tertiary/aromatic N) is 3. The van der Waals surface area contributed by atoms with Crippen LogP contribution in [0, 0.1) is 10.1 Å². The molecule has 0 spiro atoms. The topological polar surface area (TPSA) is 123 Å². The first-order valence-corrected chi connectivity index (χ1v) is 10.7. The summed E-state index contributed by atoms with van der Waals surface area (Å²) in [6.45, 7) is 0.129. The van der Waals surface area contributed by atoms with Crippen LogP contribution in [0.25, 0.3) is 16.9 Å². The normalized spacial score (nSPS) is 10.5. The molecule has 0 N–H and O–H groups in total. The number of carbonyl (C=O) groups excluding carboxylic acids is 2. The number of ether oxygens (including phenoxy) is 3. The molecule has 0 amide bonds. The van der Waals surface area contributed by atoms with E-state index in [1.165, 1.54) is 30.0 Å². The second kappa shape index (κ2) is 10.5. The molecule has 0 aliphatic heterocycles. The van der Waals surface area contributed by atoms with E-state index in [1.54, 1.807) is 30.3 Å². The third-order valence-electron chi connectivity index (χ3n) is 5.32. The predicted molar refractivity (Wildman–Crippen MR) is 129 cm³/mol. The van der Waals surface area contributed by atoms with Crippen molar-refractivity contribution in [2.24, 2.45) is 0 Å². The Morgan fingerprint density at radius 3 is 2.17 bits per heavy atom. The number of aromatic nitrogens is 2. The average Bonchev–Trinajstić information content (AvgIpc) is 3.32. The minimum absolute atomic E-state index is 0.0174. The maximum absolute atomic E-state index is 12.8. The fourth-order valence-electron chi connectivity index (χ4n) is 3.62. The highest BCUT2D eigenvalue weighted by atomic mass is 16.6. The van der Waals surface area contributed by atoms with E-state index in [0.29, 0.717) is 5.69 Å². The smallest absolute Gasteiger partial charge is 0.357 e. The summed E-state index contributed by atoms with van der Waals surface area (Å²) in [5.74, 6) is -1.63. The van der Waals surface area contributed by atoms with E-state index in [2.05, 4.69) is 5.10 Å². The average molecular weight is 487 g/mol. The molecule has 0 aliphatic carbocycles. The Morgan fingerprint density at radius 2 is 1.56 bits per heavy atom. The monoisotopic (exact) mass is 487 g/mol. The summed E-state index contributed by atoms with van der Waals surface area (Å²) >= 11 is 0. The van der Waals surface area contributed by atoms with Crippen molar-refractivity contribution >= 4 is 17.6 Å². The second-order valence-electron chi connectivity index (χ2n) is 7.52. The number of para-hydroxylation sites is 1. The van der Waals surface area contributed by atoms with Crippen LogP contribution in [0.15, 0.2) is 78.9 Å². The molecule has 10 heteroatoms. The van der Waals surface area contributed by atoms with Crippen molar-refractivity contribution in [3.63, 3.8) is 0 Å². The lowest BCUT2D eigenvalue weighted by Gasteiger charge is -2.08. The van der Waals surface area contributed by atoms with Crippen LogP contribution < -0.4 is 4.74 Å². The zero-order valence-corrected chi connectivity index (χ0v) is 19.4. The summed E-state index contributed by atoms with van der Waals surface area (Å²) in [6.07, 6.45) is 0. The van der Waals surface area contributed by atoms with E-state index in [4.69, 9.17) is 14.2 Å². The minimum Gasteiger partial charge on any atom is -0.482 e. The van der Waals surface area contributed by atoms with E-state index >= 15 is 0 Å². The quantitative estimate of drug-likeness (QED) is 0.201. The van der Waals surface area contributed by atoms with E-state index in [1.807, 2.05) is 30.3 Å². The lowest BCUT2D eigenvalue weighted by molar-refractivity contribution is -0.385. The number of carbonyl (C=O) groups is 2. The Hall–Kier alpha value is -4.99. The molecule has 182 valence electrons. The molecule has 0 radical (unpaired) electrons. The van der Waals surface area contributed by atoms with Gasteiger partial charge in [-0.25, -0.2) is 14.3 Å². The van der Waals surface area contributed by atoms with Crippen LogP contribution in [-0.2, 0) is 16.1 Å². The van der Waals surface area contributed by atoms with Crippen molar-refractivity contribution in [1.29, 1.82) is 0 Å². The van der Waals surface area contributed by atoms with Crippen LogP contribution in [0.1, 0.15) is 26.4 Å². The molecule has 0 fully saturated rings. The minimum atomic E-state index is -0.848. The third kappa shape index (κ3) is 4.78. The first kappa shape index (κ1) is 24.1. The van der Waals surface area contributed by atoms with Gasteiger partial charge in [0.2, 0.25) is 0 Å². The molecule has 3 aromatic carbocycles. The summed E-state index contributed by atoms with van der Waals surface area (Å²) in [6, 6.07) is 22.0. The van der Waals surface area contributed by atoms with E-state index in [-0.39, 0.29) is 40.6 Å². The maximum atomic E-state index is 12.8. The van der Waals surface area contributed by atoms with E-state index in [0.717, 1.165) is 12.7 Å². The summed E-state index contributed by atoms with van der Waals surface area (Å²) in [5, 5.41) is 16.3. The van der Waals surface area contributed by atoms with Crippen LogP contribution >= 0.6 is 0 Å². The van der Waals surface area contributed by atoms with Gasteiger partial charge in [0.25, 0.3) is 0 Å². The highest BCUT2D eigenvalue weighted by Crippen LogP contribution is 2.35. The van der Waals surface area contributed by atoms with E-state index < -0.39 is 16.9 Å². The van der Waals surface area contributed by atoms with Gasteiger partial charge in [0.15, 0.2) is 11.4 Å². The molecule has 0 aliphatic rings. The summed E-state index contributed by atoms with van der Waals surface area (Å²) < 4.78 is 16.8. The third-order valence-corrected chi connectivity index (χ3v) is 5.32. The van der Waals surface area contributed by atoms with Gasteiger partial charge in [0.1, 0.15) is 17.9 Å². The number of rotatable bonds is 8. The van der Waals surface area contributed by atoms with Crippen LogP contribution in [0.5, 0.6) is 5.75 Å². The van der Waals surface area contributed by atoms with Crippen LogP contribution in [-0.4, -0.2) is 40.9 Å². The van der Waals surface area contributed by atoms with Gasteiger partial charge in [0.05, 0.1) is 24.8 Å². The zero-order chi connectivity index (χ0) is 25.7. The van der Waals surface area contributed by atoms with Crippen LogP contribution in [0.3, 0.4) is 0 Å². The van der Waals surface area contributed by atoms with Gasteiger partial charge in [-0.2, -0.15) is 5.10 Å². The Balaban J connectivity index is 1.85. The largest absolute Gasteiger partial charge is 0.482 e. The van der Waals surface area contributed by atoms with Gasteiger partial charge in [-0.3, -0.25) is 10.1 Å². The standard InChI is InChI=1S/C26H21N3O7/c1-34-25(30)22-23(27-28(24(22)26(31)35-2)19-11-7-4-8-12-19)18-13-14-21(20(15-18)29(32)33)36-16-17-9-5-3-6-10-17/h3-15H,16H2,1-2H3. The fourth-order valence-corrected chi connectivity index (χ4v) is 3.62. The SMILES string of the molecule is COC(=O)c1c(-c2ccc(OCc3ccccc3)c([N+](=O)[O-])c2)nn(-c2ccccc2)c1C(=O)OC. The molecule has 10 nitrogen and oxygen atoms in total. The van der Waals surface area contributed by atoms with Crippen molar-refractivity contribution in [1.82, 2.24) is 9.78 Å². The highest BCUT2D eigenvalue weighted by Gasteiger charge is 2.32. The Kier molecular flexibility index (Phi) is 7.05. The van der Waals surface area contributed by atoms with Gasteiger partial charge in [0, 0.05) is 11.6 Å². The number of nitro benzene ring substituents is 1. The summed E-state index contributed by atoms with van der Waals surface area (Å²) in [4.78, 5) is 36.8. The highest BCUT2D eigenvalue weighted by molar-refractivity contribution is 6.07. The Morgan fingerprint density at radius 1 is 0.917 bits per heavy atom. The lowest BCUT2D eigenvalue weighted by Crippen LogP contribution is -2.15. The molecule has 0 saturated heterocycles. The summed E-state index contributed by atoms with van der Waals surface area (Å²) in [5.41, 5.74) is 0.879. The van der Waals surface area contributed by atoms with Crippen LogP contribution in [0.4, 0.5) is 5.69 Å². The first-order chi connectivity index (χ1) is 17.4. The molecule has 1 aromatic heterocycles. The molecule has 4 aromatic rings. The number of hydrogen-bond donors (Lipinski definition) is 0. The van der Waals surface area contributed by atoms with Crippen molar-refractivity contribution in [3.05, 3.63) is 106 Å². The van der Waals surface area contributed by atoms with Gasteiger partial charge >= 0.3 is 17.6 Å². The molecule has 0 unspecified atom stereocenters. The maximum Gasteiger partial charge on any atom is 0.357 e. The molecular weight excluding hydrogens is 466 g/mol. The first-order valence-electron chi connectivity index (χ1n) is 10.7. The predicted octanol–water partition coefficient (Wildman–Crippen LogP) is 4.60. The molecular formula is C26H21N3O7. The van der Waals surface area contributed by atoms with Crippen molar-refractivity contribution in [2.75, 3.05) is 14.2 Å². The zero-order valence-electron chi connectivity index (χ0n) is 19.4. The number of methoxy groups -OCH3 is 2. The Labute approximate surface area is 205 Å². The number of nitro groups is 1. The van der Waals surface area contributed by atoms with Gasteiger partial charge in [-0.05, 0) is 29.8 Å². The number of esters is 2. The van der Waals surface area contributed by atoms with Crippen molar-refractivity contribution in [2.45, 2.75) is 6.61 Å². The number of hydrogen-bond acceptors (Lipinski definition) is 8. The summed E-state index contributed by atoms with van der Waals surface area (Å²) in [7, 11) is 2.34. The molecule has 0 atom stereocenters. The van der Waals surface area contributed by atoms with E-state index in [9.17, 15) is 19.7 Å². The molecule has 0 bridgehead atoms. The fraction of sp³-hybridized carbons (Fsp3) is 0.115. The number of benzene rings is 3. The lowest BCUT2D eigenvalue weighted by atomic mass is 10.0. The van der Waals surface area contributed by atoms with Gasteiger partial charge < -0.3 is 14.2 Å². The molecule has 4 rings (SSSR count). The molecule has 0 saturated carbocycles. The van der Waals surface area contributed by atoms with Gasteiger partial charge in [-0.1, -0.05) is 48.5 Å². The van der Waals surface area contributed by atoms with Crippen molar-refractivity contribution < 1.29 is 28.7 Å². The van der Waals surface area contributed by atoms with Crippen LogP contribution in [0.2, 0.25) is 0 Å². The van der Waals surface area contributed by atoms with Gasteiger partial charge in [-0.15, -0.1) is 0 Å². The second-order valence-corrected chi connectivity index (χ2v) is 7.52.